The Kier molecular flexibility index (Phi) is 3.81. The largest absolute Gasteiger partial charge is 0.325 e. The third kappa shape index (κ3) is 2.67. The average molecular weight is 319 g/mol. The molecule has 0 bridgehead atoms. The van der Waals surface area contributed by atoms with Crippen molar-refractivity contribution in [3.63, 3.8) is 0 Å². The SMILES string of the molecule is O=C1NC(c2ccccc2)C(=O)N1Cc1ccc(Cl)cc1F. The van der Waals surface area contributed by atoms with Crippen LogP contribution in [0.5, 0.6) is 0 Å². The highest BCUT2D eigenvalue weighted by molar-refractivity contribution is 6.30. The number of nitrogens with one attached hydrogen (secondary N) is 1. The van der Waals surface area contributed by atoms with Crippen molar-refractivity contribution >= 4 is 23.5 Å². The molecule has 3 amide bonds. The molecule has 1 atom stereocenters. The van der Waals surface area contributed by atoms with E-state index >= 15 is 0 Å². The molecule has 0 saturated carbocycles. The van der Waals surface area contributed by atoms with Gasteiger partial charge >= 0.3 is 6.03 Å². The summed E-state index contributed by atoms with van der Waals surface area (Å²) < 4.78 is 13.8. The number of amides is 3. The lowest BCUT2D eigenvalue weighted by molar-refractivity contribution is -0.128. The molecule has 1 saturated heterocycles. The van der Waals surface area contributed by atoms with Crippen molar-refractivity contribution in [2.24, 2.45) is 0 Å². The number of hydrogen-bond donors (Lipinski definition) is 1. The van der Waals surface area contributed by atoms with Crippen LogP contribution in [-0.2, 0) is 11.3 Å². The lowest BCUT2D eigenvalue weighted by Gasteiger charge is -2.14. The van der Waals surface area contributed by atoms with Crippen LogP contribution in [-0.4, -0.2) is 16.8 Å². The van der Waals surface area contributed by atoms with Gasteiger partial charge in [-0.25, -0.2) is 9.18 Å². The number of carbonyl (C=O) groups is 2. The fourth-order valence-electron chi connectivity index (χ4n) is 2.36. The van der Waals surface area contributed by atoms with Crippen molar-refractivity contribution in [2.75, 3.05) is 0 Å². The molecular weight excluding hydrogens is 307 g/mol. The molecular formula is C16H12ClFN2O2. The van der Waals surface area contributed by atoms with E-state index in [9.17, 15) is 14.0 Å². The molecule has 0 radical (unpaired) electrons. The minimum absolute atomic E-state index is 0.128. The first-order chi connectivity index (χ1) is 10.6. The third-order valence-corrected chi connectivity index (χ3v) is 3.74. The molecule has 3 rings (SSSR count). The maximum atomic E-state index is 13.8. The molecule has 0 aromatic heterocycles. The Balaban J connectivity index is 1.83. The maximum absolute atomic E-state index is 13.8. The minimum atomic E-state index is -0.732. The van der Waals surface area contributed by atoms with Crippen LogP contribution in [0.3, 0.4) is 0 Å². The fraction of sp³-hybridized carbons (Fsp3) is 0.125. The Morgan fingerprint density at radius 2 is 1.86 bits per heavy atom. The van der Waals surface area contributed by atoms with Crippen LogP contribution >= 0.6 is 11.6 Å². The number of nitrogens with zero attached hydrogens (tertiary/aromatic N) is 1. The van der Waals surface area contributed by atoms with Gasteiger partial charge in [0.25, 0.3) is 5.91 Å². The quantitative estimate of drug-likeness (QED) is 0.883. The number of rotatable bonds is 3. The van der Waals surface area contributed by atoms with Gasteiger partial charge in [0.2, 0.25) is 0 Å². The van der Waals surface area contributed by atoms with Crippen LogP contribution in [0.15, 0.2) is 48.5 Å². The molecule has 2 aromatic carbocycles. The second kappa shape index (κ2) is 5.77. The summed E-state index contributed by atoms with van der Waals surface area (Å²) in [6.45, 7) is -0.128. The average Bonchev–Trinajstić information content (AvgIpc) is 2.79. The van der Waals surface area contributed by atoms with Gasteiger partial charge in [-0.3, -0.25) is 9.69 Å². The number of carbonyl (C=O) groups excluding carboxylic acids is 2. The summed E-state index contributed by atoms with van der Waals surface area (Å²) in [6.07, 6.45) is 0. The molecule has 1 aliphatic heterocycles. The van der Waals surface area contributed by atoms with Crippen molar-refractivity contribution in [3.8, 4) is 0 Å². The van der Waals surface area contributed by atoms with Crippen molar-refractivity contribution < 1.29 is 14.0 Å². The van der Waals surface area contributed by atoms with E-state index in [4.69, 9.17) is 11.6 Å². The molecule has 2 aromatic rings. The predicted molar refractivity (Wildman–Crippen MR) is 79.7 cm³/mol. The van der Waals surface area contributed by atoms with Crippen LogP contribution in [0.1, 0.15) is 17.2 Å². The van der Waals surface area contributed by atoms with E-state index in [-0.39, 0.29) is 17.1 Å². The molecule has 1 N–H and O–H groups in total. The molecule has 1 aliphatic rings. The standard InChI is InChI=1S/C16H12ClFN2O2/c17-12-7-6-11(13(18)8-12)9-20-15(21)14(19-16(20)22)10-4-2-1-3-5-10/h1-8,14H,9H2,(H,19,22). The van der Waals surface area contributed by atoms with Gasteiger partial charge in [0.15, 0.2) is 0 Å². The summed E-state index contributed by atoms with van der Waals surface area (Å²) in [5.74, 6) is -0.943. The maximum Gasteiger partial charge on any atom is 0.325 e. The first kappa shape index (κ1) is 14.5. The lowest BCUT2D eigenvalue weighted by atomic mass is 10.1. The Hall–Kier alpha value is -2.40. The van der Waals surface area contributed by atoms with Crippen LogP contribution in [0, 0.1) is 5.82 Å². The predicted octanol–water partition coefficient (Wildman–Crippen LogP) is 3.27. The fourth-order valence-corrected chi connectivity index (χ4v) is 2.52. The Bertz CT molecular complexity index is 736. The van der Waals surface area contributed by atoms with Gasteiger partial charge in [-0.2, -0.15) is 0 Å². The molecule has 0 aliphatic carbocycles. The van der Waals surface area contributed by atoms with E-state index in [0.717, 1.165) is 11.0 Å². The summed E-state index contributed by atoms with van der Waals surface area (Å²) in [5, 5.41) is 2.87. The zero-order valence-electron chi connectivity index (χ0n) is 11.4. The lowest BCUT2D eigenvalue weighted by Crippen LogP contribution is -2.30. The number of hydrogen-bond acceptors (Lipinski definition) is 2. The van der Waals surface area contributed by atoms with Gasteiger partial charge in [-0.15, -0.1) is 0 Å². The Morgan fingerprint density at radius 3 is 2.55 bits per heavy atom. The molecule has 1 unspecified atom stereocenters. The Morgan fingerprint density at radius 1 is 1.14 bits per heavy atom. The molecule has 112 valence electrons. The zero-order valence-corrected chi connectivity index (χ0v) is 12.2. The second-order valence-electron chi connectivity index (χ2n) is 4.95. The number of imide groups is 1. The number of benzene rings is 2. The highest BCUT2D eigenvalue weighted by Crippen LogP contribution is 2.24. The van der Waals surface area contributed by atoms with E-state index in [1.54, 1.807) is 24.3 Å². The molecule has 0 spiro atoms. The van der Waals surface area contributed by atoms with E-state index in [2.05, 4.69) is 5.32 Å². The monoisotopic (exact) mass is 318 g/mol. The first-order valence-electron chi connectivity index (χ1n) is 6.67. The minimum Gasteiger partial charge on any atom is -0.322 e. The van der Waals surface area contributed by atoms with Gasteiger partial charge in [-0.1, -0.05) is 48.0 Å². The van der Waals surface area contributed by atoms with Crippen molar-refractivity contribution in [3.05, 3.63) is 70.5 Å². The van der Waals surface area contributed by atoms with Crippen molar-refractivity contribution in [2.45, 2.75) is 12.6 Å². The molecule has 22 heavy (non-hydrogen) atoms. The van der Waals surface area contributed by atoms with Gasteiger partial charge in [0, 0.05) is 10.6 Å². The van der Waals surface area contributed by atoms with Gasteiger partial charge in [0.05, 0.1) is 6.54 Å². The molecule has 6 heteroatoms. The summed E-state index contributed by atoms with van der Waals surface area (Å²) in [6, 6.07) is 11.8. The van der Waals surface area contributed by atoms with Crippen LogP contribution in [0.2, 0.25) is 5.02 Å². The van der Waals surface area contributed by atoms with E-state index in [1.807, 2.05) is 6.07 Å². The van der Waals surface area contributed by atoms with E-state index < -0.39 is 23.8 Å². The summed E-state index contributed by atoms with van der Waals surface area (Å²) in [7, 11) is 0. The summed E-state index contributed by atoms with van der Waals surface area (Å²) in [5.41, 5.74) is 0.932. The highest BCUT2D eigenvalue weighted by atomic mass is 35.5. The second-order valence-corrected chi connectivity index (χ2v) is 5.39. The smallest absolute Gasteiger partial charge is 0.322 e. The first-order valence-corrected chi connectivity index (χ1v) is 7.05. The topological polar surface area (TPSA) is 49.4 Å². The highest BCUT2D eigenvalue weighted by Gasteiger charge is 2.39. The van der Waals surface area contributed by atoms with E-state index in [0.29, 0.717) is 5.56 Å². The molecule has 1 heterocycles. The number of urea groups is 1. The summed E-state index contributed by atoms with van der Waals surface area (Å²) in [4.78, 5) is 25.4. The van der Waals surface area contributed by atoms with Gasteiger partial charge in [-0.05, 0) is 17.7 Å². The number of halogens is 2. The Labute approximate surface area is 131 Å². The zero-order chi connectivity index (χ0) is 15.7. The molecule has 4 nitrogen and oxygen atoms in total. The van der Waals surface area contributed by atoms with Gasteiger partial charge < -0.3 is 5.32 Å². The normalized spacial score (nSPS) is 17.7. The van der Waals surface area contributed by atoms with Crippen molar-refractivity contribution in [1.82, 2.24) is 10.2 Å². The summed E-state index contributed by atoms with van der Waals surface area (Å²) >= 11 is 5.69. The third-order valence-electron chi connectivity index (χ3n) is 3.50. The van der Waals surface area contributed by atoms with E-state index in [1.165, 1.54) is 12.1 Å². The molecule has 1 fully saturated rings. The van der Waals surface area contributed by atoms with Gasteiger partial charge in [0.1, 0.15) is 11.9 Å². The van der Waals surface area contributed by atoms with Crippen LogP contribution in [0.4, 0.5) is 9.18 Å². The van der Waals surface area contributed by atoms with Crippen molar-refractivity contribution in [1.29, 1.82) is 0 Å². The van der Waals surface area contributed by atoms with Crippen LogP contribution in [0.25, 0.3) is 0 Å². The van der Waals surface area contributed by atoms with Crippen LogP contribution < -0.4 is 5.32 Å².